The second kappa shape index (κ2) is 10.2. The Morgan fingerprint density at radius 3 is 2.59 bits per heavy atom. The lowest BCUT2D eigenvalue weighted by Gasteiger charge is -2.53. The molecule has 1 saturated heterocycles. The standard InChI is InChI=1S/C31H31BrN4O3/c1-3-39-29(37)23-9-12-26(13-10-23)36-30(38)31(21(2)33-36)18-24-17-25(32)11-14-27(24)35-16-15-34(20-28(31)35)19-22-7-5-4-6-8-22/h4-14,17,28H,3,15-16,18-20H2,1-2H3/t28-,31+/m1/s1. The van der Waals surface area contributed by atoms with Gasteiger partial charge < -0.3 is 9.64 Å². The first-order chi connectivity index (χ1) is 18.9. The van der Waals surface area contributed by atoms with Crippen molar-refractivity contribution in [2.75, 3.05) is 36.1 Å². The van der Waals surface area contributed by atoms with Crippen molar-refractivity contribution in [2.24, 2.45) is 10.5 Å². The molecule has 3 aliphatic rings. The Kier molecular flexibility index (Phi) is 6.77. The smallest absolute Gasteiger partial charge is 0.338 e. The van der Waals surface area contributed by atoms with Crippen molar-refractivity contribution < 1.29 is 14.3 Å². The molecule has 0 aliphatic carbocycles. The molecular formula is C31H31BrN4O3. The second-order valence-corrected chi connectivity index (χ2v) is 11.3. The number of hydrazone groups is 1. The molecule has 0 bridgehead atoms. The van der Waals surface area contributed by atoms with E-state index >= 15 is 0 Å². The molecule has 6 rings (SSSR count). The van der Waals surface area contributed by atoms with Crippen LogP contribution in [0.2, 0.25) is 0 Å². The van der Waals surface area contributed by atoms with Gasteiger partial charge in [0.1, 0.15) is 5.41 Å². The second-order valence-electron chi connectivity index (χ2n) is 10.4. The number of amides is 1. The molecule has 0 radical (unpaired) electrons. The van der Waals surface area contributed by atoms with E-state index < -0.39 is 5.41 Å². The van der Waals surface area contributed by atoms with Gasteiger partial charge in [-0.2, -0.15) is 10.1 Å². The van der Waals surface area contributed by atoms with E-state index in [0.29, 0.717) is 24.3 Å². The fraction of sp³-hybridized carbons (Fsp3) is 0.323. The number of hydrogen-bond donors (Lipinski definition) is 0. The molecule has 1 amide bonds. The van der Waals surface area contributed by atoms with E-state index in [4.69, 9.17) is 9.84 Å². The number of hydrogen-bond acceptors (Lipinski definition) is 6. The molecule has 1 spiro atoms. The SMILES string of the molecule is CCOC(=O)c1ccc(N2N=C(C)[C@]3(Cc4cc(Br)ccc4N4CCN(Cc5ccccc5)C[C@@H]43)C2=O)cc1. The number of rotatable bonds is 5. The van der Waals surface area contributed by atoms with Gasteiger partial charge in [0.05, 0.1) is 29.6 Å². The monoisotopic (exact) mass is 586 g/mol. The Morgan fingerprint density at radius 1 is 1.08 bits per heavy atom. The number of esters is 1. The van der Waals surface area contributed by atoms with Crippen LogP contribution < -0.4 is 9.91 Å². The molecule has 200 valence electrons. The number of piperazine rings is 1. The van der Waals surface area contributed by atoms with E-state index in [1.54, 1.807) is 31.2 Å². The van der Waals surface area contributed by atoms with Gasteiger partial charge in [-0.25, -0.2) is 4.79 Å². The van der Waals surface area contributed by atoms with E-state index in [-0.39, 0.29) is 17.9 Å². The topological polar surface area (TPSA) is 65.5 Å². The molecule has 0 aromatic heterocycles. The van der Waals surface area contributed by atoms with E-state index in [1.165, 1.54) is 16.3 Å². The maximum Gasteiger partial charge on any atom is 0.338 e. The van der Waals surface area contributed by atoms with Crippen molar-refractivity contribution in [3.05, 3.63) is 94.0 Å². The van der Waals surface area contributed by atoms with Gasteiger partial charge in [-0.05, 0) is 73.9 Å². The first kappa shape index (κ1) is 25.8. The number of carbonyl (C=O) groups is 2. The predicted molar refractivity (Wildman–Crippen MR) is 156 cm³/mol. The highest BCUT2D eigenvalue weighted by Crippen LogP contribution is 2.48. The Balaban J connectivity index is 1.36. The number of carbonyl (C=O) groups excluding carboxylic acids is 2. The number of fused-ring (bicyclic) bond motifs is 4. The maximum absolute atomic E-state index is 14.5. The van der Waals surface area contributed by atoms with Crippen LogP contribution in [0.4, 0.5) is 11.4 Å². The number of halogens is 1. The Bertz CT molecular complexity index is 1440. The highest BCUT2D eigenvalue weighted by Gasteiger charge is 2.59. The van der Waals surface area contributed by atoms with Gasteiger partial charge in [-0.1, -0.05) is 46.3 Å². The molecule has 7 nitrogen and oxygen atoms in total. The minimum atomic E-state index is -0.789. The van der Waals surface area contributed by atoms with Gasteiger partial charge >= 0.3 is 5.97 Å². The van der Waals surface area contributed by atoms with E-state index in [2.05, 4.69) is 68.2 Å². The van der Waals surface area contributed by atoms with Gasteiger partial charge in [0.15, 0.2) is 0 Å². The zero-order chi connectivity index (χ0) is 27.1. The molecule has 2 atom stereocenters. The zero-order valence-corrected chi connectivity index (χ0v) is 23.7. The van der Waals surface area contributed by atoms with Crippen LogP contribution in [-0.4, -0.2) is 54.8 Å². The molecule has 3 aromatic carbocycles. The van der Waals surface area contributed by atoms with Crippen molar-refractivity contribution >= 4 is 44.9 Å². The van der Waals surface area contributed by atoms with Crippen molar-refractivity contribution in [2.45, 2.75) is 32.9 Å². The quantitative estimate of drug-likeness (QED) is 0.380. The molecule has 0 saturated carbocycles. The van der Waals surface area contributed by atoms with Crippen LogP contribution in [0.1, 0.15) is 35.3 Å². The van der Waals surface area contributed by atoms with Crippen LogP contribution in [0, 0.1) is 5.41 Å². The summed E-state index contributed by atoms with van der Waals surface area (Å²) in [5.41, 5.74) is 4.76. The molecule has 3 heterocycles. The third kappa shape index (κ3) is 4.45. The number of benzene rings is 3. The minimum absolute atomic E-state index is 0.0222. The first-order valence-corrected chi connectivity index (χ1v) is 14.2. The normalized spacial score (nSPS) is 22.5. The largest absolute Gasteiger partial charge is 0.462 e. The van der Waals surface area contributed by atoms with Gasteiger partial charge in [-0.15, -0.1) is 0 Å². The lowest BCUT2D eigenvalue weighted by atomic mass is 9.67. The summed E-state index contributed by atoms with van der Waals surface area (Å²) >= 11 is 3.64. The fourth-order valence-corrected chi connectivity index (χ4v) is 6.68. The molecular weight excluding hydrogens is 556 g/mol. The molecule has 8 heteroatoms. The Labute approximate surface area is 237 Å². The molecule has 39 heavy (non-hydrogen) atoms. The summed E-state index contributed by atoms with van der Waals surface area (Å²) in [7, 11) is 0. The molecule has 1 fully saturated rings. The lowest BCUT2D eigenvalue weighted by Crippen LogP contribution is -2.66. The average molecular weight is 588 g/mol. The average Bonchev–Trinajstić information content (AvgIpc) is 3.19. The van der Waals surface area contributed by atoms with Gasteiger partial charge in [0.25, 0.3) is 5.91 Å². The molecule has 3 aromatic rings. The first-order valence-electron chi connectivity index (χ1n) is 13.4. The summed E-state index contributed by atoms with van der Waals surface area (Å²) in [6.07, 6.45) is 0.591. The van der Waals surface area contributed by atoms with Gasteiger partial charge in [0, 0.05) is 36.3 Å². The summed E-state index contributed by atoms with van der Waals surface area (Å²) < 4.78 is 6.12. The molecule has 0 unspecified atom stereocenters. The minimum Gasteiger partial charge on any atom is -0.462 e. The Hall–Kier alpha value is -3.49. The molecule has 0 N–H and O–H groups in total. The van der Waals surface area contributed by atoms with Crippen molar-refractivity contribution in [1.82, 2.24) is 4.90 Å². The highest BCUT2D eigenvalue weighted by atomic mass is 79.9. The van der Waals surface area contributed by atoms with E-state index in [1.807, 2.05) is 13.0 Å². The van der Waals surface area contributed by atoms with Crippen LogP contribution in [0.3, 0.4) is 0 Å². The third-order valence-electron chi connectivity index (χ3n) is 8.20. The summed E-state index contributed by atoms with van der Waals surface area (Å²) in [6, 6.07) is 23.8. The van der Waals surface area contributed by atoms with Crippen LogP contribution in [0.15, 0.2) is 82.4 Å². The van der Waals surface area contributed by atoms with Crippen molar-refractivity contribution in [3.63, 3.8) is 0 Å². The zero-order valence-electron chi connectivity index (χ0n) is 22.1. The van der Waals surface area contributed by atoms with Crippen molar-refractivity contribution in [1.29, 1.82) is 0 Å². The van der Waals surface area contributed by atoms with Crippen LogP contribution in [0.25, 0.3) is 0 Å². The molecule has 3 aliphatic heterocycles. The highest BCUT2D eigenvalue weighted by molar-refractivity contribution is 9.10. The van der Waals surface area contributed by atoms with Crippen LogP contribution in [0.5, 0.6) is 0 Å². The van der Waals surface area contributed by atoms with Crippen molar-refractivity contribution in [3.8, 4) is 0 Å². The Morgan fingerprint density at radius 2 is 1.85 bits per heavy atom. The third-order valence-corrected chi connectivity index (χ3v) is 8.69. The van der Waals surface area contributed by atoms with E-state index in [9.17, 15) is 9.59 Å². The summed E-state index contributed by atoms with van der Waals surface area (Å²) in [5.74, 6) is -0.398. The number of ether oxygens (including phenoxy) is 1. The van der Waals surface area contributed by atoms with Crippen LogP contribution >= 0.6 is 15.9 Å². The van der Waals surface area contributed by atoms with Gasteiger partial charge in [-0.3, -0.25) is 9.69 Å². The number of anilines is 2. The van der Waals surface area contributed by atoms with Crippen LogP contribution in [-0.2, 0) is 22.5 Å². The van der Waals surface area contributed by atoms with E-state index in [0.717, 1.165) is 41.9 Å². The summed E-state index contributed by atoms with van der Waals surface area (Å²) in [5, 5.41) is 6.38. The summed E-state index contributed by atoms with van der Waals surface area (Å²) in [4.78, 5) is 31.5. The number of nitrogens with zero attached hydrogens (tertiary/aromatic N) is 4. The van der Waals surface area contributed by atoms with Gasteiger partial charge in [0.2, 0.25) is 0 Å². The summed E-state index contributed by atoms with van der Waals surface area (Å²) in [6.45, 7) is 7.44. The fourth-order valence-electron chi connectivity index (χ4n) is 6.27. The maximum atomic E-state index is 14.5. The lowest BCUT2D eigenvalue weighted by molar-refractivity contribution is -0.125. The predicted octanol–water partition coefficient (Wildman–Crippen LogP) is 5.28.